The minimum absolute atomic E-state index is 0.359. The van der Waals surface area contributed by atoms with Crippen molar-refractivity contribution in [2.45, 2.75) is 20.3 Å². The molecule has 6 nitrogen and oxygen atoms in total. The molecule has 0 amide bonds. The van der Waals surface area contributed by atoms with Gasteiger partial charge < -0.3 is 10.1 Å². The number of pyridine rings is 2. The number of aromatic nitrogens is 4. The first-order chi connectivity index (χ1) is 14.0. The summed E-state index contributed by atoms with van der Waals surface area (Å²) in [6, 6.07) is 11.5. The number of aryl methyl sites for hydroxylation is 2. The minimum atomic E-state index is 0.359. The van der Waals surface area contributed by atoms with E-state index >= 15 is 0 Å². The average molecular weight is 471 g/mol. The van der Waals surface area contributed by atoms with Crippen LogP contribution in [-0.2, 0) is 6.42 Å². The van der Waals surface area contributed by atoms with Gasteiger partial charge in [0.1, 0.15) is 28.5 Å². The molecular weight excluding hydrogens is 454 g/mol. The van der Waals surface area contributed by atoms with Crippen LogP contribution in [0.15, 0.2) is 53.4 Å². The number of benzene rings is 1. The molecule has 3 heterocycles. The topological polar surface area (TPSA) is 72.8 Å². The number of ether oxygens (including phenoxy) is 1. The Morgan fingerprint density at radius 1 is 1.10 bits per heavy atom. The van der Waals surface area contributed by atoms with Crippen LogP contribution >= 0.6 is 27.5 Å². The van der Waals surface area contributed by atoms with Crippen molar-refractivity contribution in [3.8, 4) is 11.5 Å². The van der Waals surface area contributed by atoms with Crippen molar-refractivity contribution in [3.63, 3.8) is 0 Å². The van der Waals surface area contributed by atoms with Gasteiger partial charge in [0.2, 0.25) is 0 Å². The van der Waals surface area contributed by atoms with Gasteiger partial charge in [-0.25, -0.2) is 15.0 Å². The summed E-state index contributed by atoms with van der Waals surface area (Å²) in [4.78, 5) is 17.3. The summed E-state index contributed by atoms with van der Waals surface area (Å²) in [6.45, 7) is 4.06. The van der Waals surface area contributed by atoms with Crippen molar-refractivity contribution in [1.29, 1.82) is 0 Å². The van der Waals surface area contributed by atoms with E-state index in [-0.39, 0.29) is 0 Å². The van der Waals surface area contributed by atoms with Crippen molar-refractivity contribution in [2.75, 3.05) is 5.32 Å². The molecule has 0 atom stereocenters. The largest absolute Gasteiger partial charge is 0.455 e. The molecular formula is C21H17BrClN5O. The average Bonchev–Trinajstić information content (AvgIpc) is 2.72. The van der Waals surface area contributed by atoms with E-state index in [2.05, 4.69) is 48.1 Å². The molecule has 0 aliphatic heterocycles. The number of fused-ring (bicyclic) bond motifs is 1. The van der Waals surface area contributed by atoms with Gasteiger partial charge in [-0.2, -0.15) is 0 Å². The zero-order chi connectivity index (χ0) is 20.4. The molecule has 0 fully saturated rings. The van der Waals surface area contributed by atoms with Crippen LogP contribution in [0.2, 0.25) is 5.15 Å². The number of nitrogens with one attached hydrogen (secondary N) is 1. The Morgan fingerprint density at radius 3 is 2.69 bits per heavy atom. The van der Waals surface area contributed by atoms with Gasteiger partial charge in [-0.15, -0.1) is 0 Å². The van der Waals surface area contributed by atoms with E-state index in [0.29, 0.717) is 32.2 Å². The second kappa shape index (κ2) is 8.31. The Morgan fingerprint density at radius 2 is 1.97 bits per heavy atom. The molecule has 4 rings (SSSR count). The summed E-state index contributed by atoms with van der Waals surface area (Å²) >= 11 is 9.51. The van der Waals surface area contributed by atoms with Crippen LogP contribution in [0.4, 0.5) is 11.5 Å². The molecule has 0 spiro atoms. The van der Waals surface area contributed by atoms with Gasteiger partial charge >= 0.3 is 0 Å². The van der Waals surface area contributed by atoms with Crippen LogP contribution in [0.5, 0.6) is 11.5 Å². The lowest BCUT2D eigenvalue weighted by Gasteiger charge is -2.12. The molecule has 0 aliphatic carbocycles. The van der Waals surface area contributed by atoms with Gasteiger partial charge in [0.25, 0.3) is 0 Å². The summed E-state index contributed by atoms with van der Waals surface area (Å²) in [5, 5.41) is 3.64. The Hall–Kier alpha value is -2.77. The molecule has 0 radical (unpaired) electrons. The van der Waals surface area contributed by atoms with Gasteiger partial charge in [-0.05, 0) is 71.2 Å². The number of anilines is 2. The predicted molar refractivity (Wildman–Crippen MR) is 118 cm³/mol. The fraction of sp³-hybridized carbons (Fsp3) is 0.143. The number of nitrogens with zero attached hydrogens (tertiary/aromatic N) is 4. The molecule has 146 valence electrons. The van der Waals surface area contributed by atoms with Gasteiger partial charge in [-0.3, -0.25) is 4.98 Å². The monoisotopic (exact) mass is 469 g/mol. The minimum Gasteiger partial charge on any atom is -0.455 e. The number of halogens is 2. The molecule has 8 heteroatoms. The van der Waals surface area contributed by atoms with Gasteiger partial charge in [-0.1, -0.05) is 18.5 Å². The highest BCUT2D eigenvalue weighted by atomic mass is 79.9. The highest BCUT2D eigenvalue weighted by molar-refractivity contribution is 9.10. The lowest BCUT2D eigenvalue weighted by Crippen LogP contribution is -1.99. The van der Waals surface area contributed by atoms with Crippen molar-refractivity contribution < 1.29 is 4.74 Å². The molecule has 0 saturated heterocycles. The van der Waals surface area contributed by atoms with E-state index in [4.69, 9.17) is 16.3 Å². The summed E-state index contributed by atoms with van der Waals surface area (Å²) in [6.07, 6.45) is 4.13. The standard InChI is InChI=1S/C21H17BrClN5O/c1-3-13-4-6-15(10-24-13)29-18-7-5-14(8-12(18)2)27-21-19-17(25-11-26-21)9-16(22)20(23)28-19/h4-11H,3H2,1-2H3,(H,25,26,27). The first-order valence-corrected chi connectivity index (χ1v) is 10.2. The van der Waals surface area contributed by atoms with Gasteiger partial charge in [0.15, 0.2) is 5.82 Å². The molecule has 29 heavy (non-hydrogen) atoms. The molecule has 0 saturated carbocycles. The number of hydrogen-bond acceptors (Lipinski definition) is 6. The number of rotatable bonds is 5. The van der Waals surface area contributed by atoms with Crippen LogP contribution in [0.1, 0.15) is 18.2 Å². The molecule has 0 aliphatic rings. The third-order valence-electron chi connectivity index (χ3n) is 4.35. The van der Waals surface area contributed by atoms with E-state index < -0.39 is 0 Å². The zero-order valence-electron chi connectivity index (χ0n) is 15.8. The van der Waals surface area contributed by atoms with Crippen molar-refractivity contribution in [2.24, 2.45) is 0 Å². The lowest BCUT2D eigenvalue weighted by molar-refractivity contribution is 0.476. The summed E-state index contributed by atoms with van der Waals surface area (Å²) < 4.78 is 6.65. The maximum atomic E-state index is 6.14. The van der Waals surface area contributed by atoms with E-state index in [9.17, 15) is 0 Å². The third-order valence-corrected chi connectivity index (χ3v) is 5.47. The maximum absolute atomic E-state index is 6.14. The van der Waals surface area contributed by atoms with E-state index in [0.717, 1.165) is 29.1 Å². The quantitative estimate of drug-likeness (QED) is 0.348. The van der Waals surface area contributed by atoms with Crippen molar-refractivity contribution >= 4 is 50.1 Å². The highest BCUT2D eigenvalue weighted by Crippen LogP contribution is 2.31. The molecule has 1 aromatic carbocycles. The van der Waals surface area contributed by atoms with Crippen LogP contribution < -0.4 is 10.1 Å². The van der Waals surface area contributed by atoms with E-state index in [1.165, 1.54) is 6.33 Å². The first kappa shape index (κ1) is 19.5. The summed E-state index contributed by atoms with van der Waals surface area (Å²) in [5.74, 6) is 2.05. The van der Waals surface area contributed by atoms with Crippen LogP contribution in [-0.4, -0.2) is 19.9 Å². The second-order valence-corrected chi connectivity index (χ2v) is 7.61. The normalized spacial score (nSPS) is 10.9. The number of hydrogen-bond donors (Lipinski definition) is 1. The predicted octanol–water partition coefficient (Wildman–Crippen LogP) is 6.24. The van der Waals surface area contributed by atoms with Crippen LogP contribution in [0, 0.1) is 6.92 Å². The second-order valence-electron chi connectivity index (χ2n) is 6.40. The van der Waals surface area contributed by atoms with Crippen molar-refractivity contribution in [1.82, 2.24) is 19.9 Å². The zero-order valence-corrected chi connectivity index (χ0v) is 18.1. The van der Waals surface area contributed by atoms with Gasteiger partial charge in [0.05, 0.1) is 16.2 Å². The Kier molecular flexibility index (Phi) is 5.60. The van der Waals surface area contributed by atoms with Crippen LogP contribution in [0.25, 0.3) is 11.0 Å². The first-order valence-electron chi connectivity index (χ1n) is 9.00. The Bertz CT molecular complexity index is 1180. The fourth-order valence-corrected chi connectivity index (χ4v) is 3.26. The summed E-state index contributed by atoms with van der Waals surface area (Å²) in [7, 11) is 0. The smallest absolute Gasteiger partial charge is 0.160 e. The highest BCUT2D eigenvalue weighted by Gasteiger charge is 2.10. The van der Waals surface area contributed by atoms with E-state index in [1.54, 1.807) is 6.20 Å². The maximum Gasteiger partial charge on any atom is 0.160 e. The molecule has 3 aromatic heterocycles. The SMILES string of the molecule is CCc1ccc(Oc2ccc(Nc3ncnc4cc(Br)c(Cl)nc34)cc2C)cn1. The van der Waals surface area contributed by atoms with Crippen molar-refractivity contribution in [3.05, 3.63) is 69.8 Å². The fourth-order valence-electron chi connectivity index (χ4n) is 2.82. The molecule has 1 N–H and O–H groups in total. The lowest BCUT2D eigenvalue weighted by atomic mass is 10.2. The third kappa shape index (κ3) is 4.31. The van der Waals surface area contributed by atoms with Crippen LogP contribution in [0.3, 0.4) is 0 Å². The Labute approximate surface area is 181 Å². The molecule has 4 aromatic rings. The molecule has 0 bridgehead atoms. The van der Waals surface area contributed by atoms with Gasteiger partial charge in [0, 0.05) is 11.4 Å². The summed E-state index contributed by atoms with van der Waals surface area (Å²) in [5.41, 5.74) is 4.16. The van der Waals surface area contributed by atoms with E-state index in [1.807, 2.05) is 43.3 Å². The Balaban J connectivity index is 1.58. The molecule has 0 unspecified atom stereocenters.